The number of sulfonamides is 1. The first-order valence-electron chi connectivity index (χ1n) is 13.4. The largest absolute Gasteiger partial charge is 0.497 e. The molecule has 0 radical (unpaired) electrons. The second-order valence-corrected chi connectivity index (χ2v) is 12.4. The Bertz CT molecular complexity index is 1400. The van der Waals surface area contributed by atoms with E-state index in [1.54, 1.807) is 61.7 Å². The van der Waals surface area contributed by atoms with E-state index in [2.05, 4.69) is 5.32 Å². The van der Waals surface area contributed by atoms with E-state index in [0.717, 1.165) is 9.87 Å². The molecule has 0 aliphatic heterocycles. The highest BCUT2D eigenvalue weighted by Gasteiger charge is 2.34. The van der Waals surface area contributed by atoms with Crippen LogP contribution in [0.4, 0.5) is 5.69 Å². The molecule has 0 aliphatic carbocycles. The Morgan fingerprint density at radius 1 is 0.854 bits per heavy atom. The van der Waals surface area contributed by atoms with Gasteiger partial charge in [-0.05, 0) is 81.3 Å². The number of nitrogens with zero attached hydrogens (tertiary/aromatic N) is 2. The zero-order valence-corrected chi connectivity index (χ0v) is 25.3. The van der Waals surface area contributed by atoms with E-state index in [1.807, 2.05) is 39.8 Å². The molecule has 0 saturated carbocycles. The molecule has 10 heteroatoms. The molecule has 2 amide bonds. The predicted molar refractivity (Wildman–Crippen MR) is 159 cm³/mol. The van der Waals surface area contributed by atoms with Gasteiger partial charge in [0.05, 0.1) is 24.8 Å². The summed E-state index contributed by atoms with van der Waals surface area (Å²) in [7, 11) is -1.06. The lowest BCUT2D eigenvalue weighted by molar-refractivity contribution is -0.141. The third-order valence-electron chi connectivity index (χ3n) is 6.37. The lowest BCUT2D eigenvalue weighted by atomic mass is 10.1. The summed E-state index contributed by atoms with van der Waals surface area (Å²) in [5.74, 6) is 0.364. The molecule has 0 bridgehead atoms. The van der Waals surface area contributed by atoms with Crippen molar-refractivity contribution >= 4 is 27.5 Å². The van der Waals surface area contributed by atoms with Gasteiger partial charge in [-0.25, -0.2) is 8.42 Å². The third kappa shape index (κ3) is 8.23. The summed E-state index contributed by atoms with van der Waals surface area (Å²) in [4.78, 5) is 29.0. The second kappa shape index (κ2) is 13.5. The first-order chi connectivity index (χ1) is 19.4. The van der Waals surface area contributed by atoms with E-state index in [-0.39, 0.29) is 17.3 Å². The van der Waals surface area contributed by atoms with Gasteiger partial charge in [-0.15, -0.1) is 0 Å². The zero-order valence-electron chi connectivity index (χ0n) is 24.5. The number of benzene rings is 3. The SMILES string of the molecule is CCC(C(=O)NC(C)(C)C)N(Cc1ccc(OC)cc1)C(=O)CN(c1ccc(OC)cc1)S(=O)(=O)c1ccccc1. The molecular formula is C31H39N3O6S. The Morgan fingerprint density at radius 3 is 1.88 bits per heavy atom. The number of ether oxygens (including phenoxy) is 2. The minimum atomic E-state index is -4.14. The smallest absolute Gasteiger partial charge is 0.264 e. The topological polar surface area (TPSA) is 105 Å². The first kappa shape index (κ1) is 31.5. The maximum Gasteiger partial charge on any atom is 0.264 e. The number of nitrogens with one attached hydrogen (secondary N) is 1. The van der Waals surface area contributed by atoms with Crippen LogP contribution in [-0.4, -0.2) is 57.5 Å². The molecule has 0 fully saturated rings. The molecular weight excluding hydrogens is 542 g/mol. The zero-order chi connectivity index (χ0) is 30.2. The molecule has 0 saturated heterocycles. The van der Waals surface area contributed by atoms with Crippen LogP contribution < -0.4 is 19.1 Å². The molecule has 41 heavy (non-hydrogen) atoms. The molecule has 3 rings (SSSR count). The van der Waals surface area contributed by atoms with Crippen LogP contribution >= 0.6 is 0 Å². The van der Waals surface area contributed by atoms with Gasteiger partial charge in [0, 0.05) is 12.1 Å². The fraction of sp³-hybridized carbons (Fsp3) is 0.355. The molecule has 220 valence electrons. The van der Waals surface area contributed by atoms with E-state index >= 15 is 0 Å². The molecule has 3 aromatic carbocycles. The Balaban J connectivity index is 2.06. The summed E-state index contributed by atoms with van der Waals surface area (Å²) in [6.07, 6.45) is 0.331. The highest BCUT2D eigenvalue weighted by Crippen LogP contribution is 2.27. The molecule has 1 atom stereocenters. The highest BCUT2D eigenvalue weighted by atomic mass is 32.2. The number of carbonyl (C=O) groups excluding carboxylic acids is 2. The molecule has 0 aromatic heterocycles. The van der Waals surface area contributed by atoms with Gasteiger partial charge in [-0.2, -0.15) is 0 Å². The summed E-state index contributed by atoms with van der Waals surface area (Å²) in [6.45, 7) is 7.00. The van der Waals surface area contributed by atoms with E-state index in [9.17, 15) is 18.0 Å². The van der Waals surface area contributed by atoms with Crippen molar-refractivity contribution in [3.63, 3.8) is 0 Å². The van der Waals surface area contributed by atoms with Crippen molar-refractivity contribution in [1.29, 1.82) is 0 Å². The Kier molecular flexibility index (Phi) is 10.4. The van der Waals surface area contributed by atoms with Crippen molar-refractivity contribution < 1.29 is 27.5 Å². The highest BCUT2D eigenvalue weighted by molar-refractivity contribution is 7.92. The number of hydrogen-bond donors (Lipinski definition) is 1. The van der Waals surface area contributed by atoms with Crippen LogP contribution in [0.3, 0.4) is 0 Å². The Morgan fingerprint density at radius 2 is 1.39 bits per heavy atom. The van der Waals surface area contributed by atoms with E-state index in [1.165, 1.54) is 24.1 Å². The molecule has 9 nitrogen and oxygen atoms in total. The number of carbonyl (C=O) groups is 2. The Labute approximate surface area is 243 Å². The maximum absolute atomic E-state index is 14.1. The van der Waals surface area contributed by atoms with E-state index < -0.39 is 34.1 Å². The van der Waals surface area contributed by atoms with Crippen LogP contribution in [0.1, 0.15) is 39.7 Å². The lowest BCUT2D eigenvalue weighted by Gasteiger charge is -2.34. The standard InChI is InChI=1S/C31H39N3O6S/c1-7-28(30(36)32-31(2,3)4)33(21-23-13-17-25(39-5)18-14-23)29(35)22-34(24-15-19-26(40-6)20-16-24)41(37,38)27-11-9-8-10-12-27/h8-20,28H,7,21-22H2,1-6H3,(H,32,36). The molecule has 3 aromatic rings. The summed E-state index contributed by atoms with van der Waals surface area (Å²) < 4.78 is 39.3. The number of hydrogen-bond acceptors (Lipinski definition) is 6. The fourth-order valence-corrected chi connectivity index (χ4v) is 5.73. The van der Waals surface area contributed by atoms with Gasteiger partial charge < -0.3 is 19.7 Å². The second-order valence-electron chi connectivity index (χ2n) is 10.6. The molecule has 1 N–H and O–H groups in total. The maximum atomic E-state index is 14.1. The normalized spacial score (nSPS) is 12.2. The van der Waals surface area contributed by atoms with Crippen LogP contribution in [0, 0.1) is 0 Å². The van der Waals surface area contributed by atoms with Crippen molar-refractivity contribution in [3.05, 3.63) is 84.4 Å². The number of methoxy groups -OCH3 is 2. The third-order valence-corrected chi connectivity index (χ3v) is 8.15. The van der Waals surface area contributed by atoms with Crippen molar-refractivity contribution in [2.45, 2.75) is 57.1 Å². The quantitative estimate of drug-likeness (QED) is 0.335. The fourth-order valence-electron chi connectivity index (χ4n) is 4.30. The van der Waals surface area contributed by atoms with E-state index in [4.69, 9.17) is 9.47 Å². The minimum Gasteiger partial charge on any atom is -0.497 e. The summed E-state index contributed by atoms with van der Waals surface area (Å²) in [5.41, 5.74) is 0.535. The predicted octanol–water partition coefficient (Wildman–Crippen LogP) is 4.62. The number of anilines is 1. The summed E-state index contributed by atoms with van der Waals surface area (Å²) in [6, 6.07) is 20.7. The average molecular weight is 582 g/mol. The molecule has 0 aliphatic rings. The van der Waals surface area contributed by atoms with Gasteiger partial charge in [0.25, 0.3) is 10.0 Å². The Hall–Kier alpha value is -4.05. The summed E-state index contributed by atoms with van der Waals surface area (Å²) in [5, 5.41) is 2.96. The number of rotatable bonds is 12. The van der Waals surface area contributed by atoms with Crippen molar-refractivity contribution in [1.82, 2.24) is 10.2 Å². The number of amides is 2. The van der Waals surface area contributed by atoms with Gasteiger partial charge in [-0.1, -0.05) is 37.3 Å². The molecule has 0 heterocycles. The van der Waals surface area contributed by atoms with Crippen LogP contribution in [0.25, 0.3) is 0 Å². The van der Waals surface area contributed by atoms with Gasteiger partial charge in [-0.3, -0.25) is 13.9 Å². The molecule has 0 spiro atoms. The first-order valence-corrected chi connectivity index (χ1v) is 14.8. The van der Waals surface area contributed by atoms with Gasteiger partial charge in [0.1, 0.15) is 24.1 Å². The lowest BCUT2D eigenvalue weighted by Crippen LogP contribution is -2.55. The van der Waals surface area contributed by atoms with Gasteiger partial charge >= 0.3 is 0 Å². The van der Waals surface area contributed by atoms with Crippen LogP contribution in [-0.2, 0) is 26.2 Å². The van der Waals surface area contributed by atoms with Crippen LogP contribution in [0.15, 0.2) is 83.8 Å². The van der Waals surface area contributed by atoms with Crippen LogP contribution in [0.2, 0.25) is 0 Å². The molecule has 1 unspecified atom stereocenters. The van der Waals surface area contributed by atoms with E-state index in [0.29, 0.717) is 23.6 Å². The van der Waals surface area contributed by atoms with Crippen molar-refractivity contribution in [3.8, 4) is 11.5 Å². The van der Waals surface area contributed by atoms with Crippen molar-refractivity contribution in [2.24, 2.45) is 0 Å². The van der Waals surface area contributed by atoms with Crippen LogP contribution in [0.5, 0.6) is 11.5 Å². The average Bonchev–Trinajstić information content (AvgIpc) is 2.95. The monoisotopic (exact) mass is 581 g/mol. The van der Waals surface area contributed by atoms with Gasteiger partial charge in [0.2, 0.25) is 11.8 Å². The van der Waals surface area contributed by atoms with Gasteiger partial charge in [0.15, 0.2) is 0 Å². The van der Waals surface area contributed by atoms with Crippen molar-refractivity contribution in [2.75, 3.05) is 25.1 Å². The summed E-state index contributed by atoms with van der Waals surface area (Å²) >= 11 is 0. The minimum absolute atomic E-state index is 0.0443.